The zero-order valence-corrected chi connectivity index (χ0v) is 12.5. The molecule has 0 aliphatic carbocycles. The molecule has 0 spiro atoms. The normalized spacial score (nSPS) is 19.7. The Labute approximate surface area is 124 Å². The zero-order chi connectivity index (χ0) is 15.8. The SMILES string of the molecule is CC(N)c1ccc2c(c1)N(CC(O)CO)C(=O)C(C)(C)O2. The van der Waals surface area contributed by atoms with Crippen LogP contribution in [0.1, 0.15) is 32.4 Å². The van der Waals surface area contributed by atoms with Gasteiger partial charge in [-0.05, 0) is 38.5 Å². The molecule has 1 aromatic carbocycles. The summed E-state index contributed by atoms with van der Waals surface area (Å²) < 4.78 is 5.74. The summed E-state index contributed by atoms with van der Waals surface area (Å²) in [6, 6.07) is 5.25. The van der Waals surface area contributed by atoms with Gasteiger partial charge in [-0.3, -0.25) is 4.79 Å². The maximum absolute atomic E-state index is 12.5. The molecule has 2 atom stereocenters. The van der Waals surface area contributed by atoms with E-state index in [0.29, 0.717) is 11.4 Å². The molecule has 0 saturated heterocycles. The highest BCUT2D eigenvalue weighted by molar-refractivity contribution is 6.02. The van der Waals surface area contributed by atoms with E-state index in [4.69, 9.17) is 15.6 Å². The van der Waals surface area contributed by atoms with Crippen molar-refractivity contribution in [3.8, 4) is 5.75 Å². The highest BCUT2D eigenvalue weighted by Gasteiger charge is 2.41. The number of aliphatic hydroxyl groups excluding tert-OH is 2. The summed E-state index contributed by atoms with van der Waals surface area (Å²) in [5.41, 5.74) is 6.30. The quantitative estimate of drug-likeness (QED) is 0.754. The second kappa shape index (κ2) is 5.63. The zero-order valence-electron chi connectivity index (χ0n) is 12.5. The molecule has 0 fully saturated rings. The van der Waals surface area contributed by atoms with Crippen LogP contribution in [0.4, 0.5) is 5.69 Å². The predicted octanol–water partition coefficient (Wildman–Crippen LogP) is 0.563. The smallest absolute Gasteiger partial charge is 0.270 e. The molecule has 0 radical (unpaired) electrons. The Bertz CT molecular complexity index is 542. The Morgan fingerprint density at radius 1 is 1.43 bits per heavy atom. The third kappa shape index (κ3) is 3.02. The Hall–Kier alpha value is -1.63. The number of benzene rings is 1. The summed E-state index contributed by atoms with van der Waals surface area (Å²) in [5, 5.41) is 18.7. The molecule has 2 unspecified atom stereocenters. The lowest BCUT2D eigenvalue weighted by Crippen LogP contribution is -2.54. The number of hydrogen-bond acceptors (Lipinski definition) is 5. The summed E-state index contributed by atoms with van der Waals surface area (Å²) in [7, 11) is 0. The fourth-order valence-corrected chi connectivity index (χ4v) is 2.32. The van der Waals surface area contributed by atoms with Gasteiger partial charge >= 0.3 is 0 Å². The molecule has 6 heteroatoms. The first kappa shape index (κ1) is 15.8. The first-order valence-corrected chi connectivity index (χ1v) is 6.95. The summed E-state index contributed by atoms with van der Waals surface area (Å²) in [4.78, 5) is 14.0. The van der Waals surface area contributed by atoms with Gasteiger partial charge in [0, 0.05) is 6.04 Å². The van der Waals surface area contributed by atoms with Crippen molar-refractivity contribution < 1.29 is 19.7 Å². The van der Waals surface area contributed by atoms with Gasteiger partial charge in [-0.25, -0.2) is 0 Å². The number of nitrogens with zero attached hydrogens (tertiary/aromatic N) is 1. The average molecular weight is 294 g/mol. The molecule has 1 aliphatic rings. The van der Waals surface area contributed by atoms with Crippen LogP contribution in [-0.2, 0) is 4.79 Å². The van der Waals surface area contributed by atoms with E-state index in [1.807, 2.05) is 13.0 Å². The van der Waals surface area contributed by atoms with E-state index in [1.54, 1.807) is 26.0 Å². The standard InChI is InChI=1S/C15H22N2O4/c1-9(16)10-4-5-13-12(6-10)17(7-11(19)8-18)14(20)15(2,3)21-13/h4-6,9,11,18-19H,7-8,16H2,1-3H3. The van der Waals surface area contributed by atoms with Crippen molar-refractivity contribution in [1.29, 1.82) is 0 Å². The van der Waals surface area contributed by atoms with Crippen LogP contribution in [0.2, 0.25) is 0 Å². The van der Waals surface area contributed by atoms with Gasteiger partial charge in [0.15, 0.2) is 5.60 Å². The van der Waals surface area contributed by atoms with E-state index < -0.39 is 18.3 Å². The number of β-amino-alcohol motifs (C(OH)–C–C–N with tert-alkyl or cyclic N) is 1. The maximum atomic E-state index is 12.5. The second-order valence-corrected chi connectivity index (χ2v) is 5.88. The van der Waals surface area contributed by atoms with E-state index in [1.165, 1.54) is 4.90 Å². The molecule has 1 amide bonds. The summed E-state index contributed by atoms with van der Waals surface area (Å²) in [6.45, 7) is 4.81. The monoisotopic (exact) mass is 294 g/mol. The Morgan fingerprint density at radius 3 is 2.67 bits per heavy atom. The first-order valence-electron chi connectivity index (χ1n) is 6.95. The topological polar surface area (TPSA) is 96.0 Å². The van der Waals surface area contributed by atoms with Gasteiger partial charge in [0.1, 0.15) is 5.75 Å². The van der Waals surface area contributed by atoms with Crippen molar-refractivity contribution in [3.63, 3.8) is 0 Å². The minimum absolute atomic E-state index is 0.0114. The van der Waals surface area contributed by atoms with Crippen molar-refractivity contribution in [1.82, 2.24) is 0 Å². The fourth-order valence-electron chi connectivity index (χ4n) is 2.32. The Morgan fingerprint density at radius 2 is 2.10 bits per heavy atom. The third-order valence-electron chi connectivity index (χ3n) is 3.53. The van der Waals surface area contributed by atoms with Gasteiger partial charge < -0.3 is 25.6 Å². The number of anilines is 1. The van der Waals surface area contributed by atoms with Crippen LogP contribution in [0.25, 0.3) is 0 Å². The fraction of sp³-hybridized carbons (Fsp3) is 0.533. The Balaban J connectivity index is 2.47. The van der Waals surface area contributed by atoms with Crippen molar-refractivity contribution >= 4 is 11.6 Å². The summed E-state index contributed by atoms with van der Waals surface area (Å²) >= 11 is 0. The first-order chi connectivity index (χ1) is 9.76. The predicted molar refractivity (Wildman–Crippen MR) is 79.2 cm³/mol. The molecular weight excluding hydrogens is 272 g/mol. The van der Waals surface area contributed by atoms with E-state index in [2.05, 4.69) is 0 Å². The van der Waals surface area contributed by atoms with Gasteiger partial charge in [0.2, 0.25) is 0 Å². The van der Waals surface area contributed by atoms with Crippen molar-refractivity contribution in [3.05, 3.63) is 23.8 Å². The van der Waals surface area contributed by atoms with Crippen molar-refractivity contribution in [2.75, 3.05) is 18.1 Å². The number of hydrogen-bond donors (Lipinski definition) is 3. The molecule has 21 heavy (non-hydrogen) atoms. The summed E-state index contributed by atoms with van der Waals surface area (Å²) in [5.74, 6) is 0.304. The van der Waals surface area contributed by atoms with Crippen LogP contribution in [0.15, 0.2) is 18.2 Å². The molecule has 0 aromatic heterocycles. The van der Waals surface area contributed by atoms with E-state index in [-0.39, 0.29) is 18.5 Å². The number of carbonyl (C=O) groups is 1. The second-order valence-electron chi connectivity index (χ2n) is 5.88. The number of aliphatic hydroxyl groups is 2. The van der Waals surface area contributed by atoms with E-state index in [0.717, 1.165) is 5.56 Å². The third-order valence-corrected chi connectivity index (χ3v) is 3.53. The van der Waals surface area contributed by atoms with Gasteiger partial charge in [-0.2, -0.15) is 0 Å². The molecule has 1 aliphatic heterocycles. The van der Waals surface area contributed by atoms with Crippen LogP contribution in [-0.4, -0.2) is 41.0 Å². The largest absolute Gasteiger partial charge is 0.476 e. The lowest BCUT2D eigenvalue weighted by molar-refractivity contribution is -0.133. The highest BCUT2D eigenvalue weighted by atomic mass is 16.5. The molecule has 1 heterocycles. The highest BCUT2D eigenvalue weighted by Crippen LogP contribution is 2.39. The van der Waals surface area contributed by atoms with Crippen LogP contribution < -0.4 is 15.4 Å². The number of rotatable bonds is 4. The molecule has 4 N–H and O–H groups in total. The molecular formula is C15H22N2O4. The average Bonchev–Trinajstić information content (AvgIpc) is 2.42. The molecule has 1 aromatic rings. The summed E-state index contributed by atoms with van der Waals surface area (Å²) in [6.07, 6.45) is -1.00. The van der Waals surface area contributed by atoms with Gasteiger partial charge in [-0.1, -0.05) is 6.07 Å². The number of ether oxygens (including phenoxy) is 1. The molecule has 0 saturated carbocycles. The molecule has 116 valence electrons. The Kier molecular flexibility index (Phi) is 4.22. The number of amides is 1. The molecule has 0 bridgehead atoms. The minimum Gasteiger partial charge on any atom is -0.476 e. The van der Waals surface area contributed by atoms with E-state index >= 15 is 0 Å². The van der Waals surface area contributed by atoms with Gasteiger partial charge in [0.25, 0.3) is 5.91 Å². The van der Waals surface area contributed by atoms with E-state index in [9.17, 15) is 9.90 Å². The lowest BCUT2D eigenvalue weighted by Gasteiger charge is -2.39. The van der Waals surface area contributed by atoms with Crippen molar-refractivity contribution in [2.24, 2.45) is 5.73 Å². The van der Waals surface area contributed by atoms with Crippen LogP contribution in [0.3, 0.4) is 0 Å². The molecule has 2 rings (SSSR count). The van der Waals surface area contributed by atoms with Gasteiger partial charge in [0.05, 0.1) is 24.9 Å². The minimum atomic E-state index is -1.02. The van der Waals surface area contributed by atoms with Crippen LogP contribution >= 0.6 is 0 Å². The van der Waals surface area contributed by atoms with Crippen LogP contribution in [0, 0.1) is 0 Å². The molecule has 6 nitrogen and oxygen atoms in total. The van der Waals surface area contributed by atoms with Crippen LogP contribution in [0.5, 0.6) is 5.75 Å². The number of fused-ring (bicyclic) bond motifs is 1. The van der Waals surface area contributed by atoms with Gasteiger partial charge in [-0.15, -0.1) is 0 Å². The van der Waals surface area contributed by atoms with Crippen molar-refractivity contribution in [2.45, 2.75) is 38.5 Å². The number of nitrogens with two attached hydrogens (primary N) is 1. The number of carbonyl (C=O) groups excluding carboxylic acids is 1. The maximum Gasteiger partial charge on any atom is 0.270 e. The lowest BCUT2D eigenvalue weighted by atomic mass is 10.0.